The molecule has 0 bridgehead atoms. The number of piperidine rings is 1. The number of nitrogens with zero attached hydrogens (tertiary/aromatic N) is 2. The van der Waals surface area contributed by atoms with Gasteiger partial charge in [0.1, 0.15) is 5.54 Å². The zero-order valence-electron chi connectivity index (χ0n) is 12.1. The Hall–Kier alpha value is -1.91. The second kappa shape index (κ2) is 5.38. The molecule has 2 heterocycles. The monoisotopic (exact) mass is 319 g/mol. The van der Waals surface area contributed by atoms with Crippen LogP contribution >= 0.6 is 0 Å². The second-order valence-electron chi connectivity index (χ2n) is 5.71. The van der Waals surface area contributed by atoms with E-state index in [2.05, 4.69) is 5.32 Å². The van der Waals surface area contributed by atoms with Crippen LogP contribution in [0.4, 0.5) is 0 Å². The largest absolute Gasteiger partial charge is 0.354 e. The van der Waals surface area contributed by atoms with Crippen LogP contribution < -0.4 is 5.32 Å². The van der Waals surface area contributed by atoms with Gasteiger partial charge in [0.2, 0.25) is 15.9 Å². The lowest BCUT2D eigenvalue weighted by molar-refractivity contribution is -0.131. The summed E-state index contributed by atoms with van der Waals surface area (Å²) in [7, 11) is -3.79. The maximum Gasteiger partial charge on any atom is 0.244 e. The fourth-order valence-corrected chi connectivity index (χ4v) is 5.27. The maximum atomic E-state index is 13.0. The van der Waals surface area contributed by atoms with E-state index in [1.165, 1.54) is 16.4 Å². The van der Waals surface area contributed by atoms with Crippen molar-refractivity contribution in [3.63, 3.8) is 0 Å². The second-order valence-corrected chi connectivity index (χ2v) is 7.57. The minimum absolute atomic E-state index is 0.0752. The lowest BCUT2D eigenvalue weighted by atomic mass is 9.88. The third-order valence-electron chi connectivity index (χ3n) is 4.46. The first-order valence-electron chi connectivity index (χ1n) is 7.32. The molecule has 1 amide bonds. The average Bonchev–Trinajstić information content (AvgIpc) is 2.96. The van der Waals surface area contributed by atoms with Crippen LogP contribution in [0.2, 0.25) is 0 Å². The van der Waals surface area contributed by atoms with Gasteiger partial charge in [-0.2, -0.15) is 9.57 Å². The first kappa shape index (κ1) is 15.0. The molecular weight excluding hydrogens is 302 g/mol. The highest BCUT2D eigenvalue weighted by molar-refractivity contribution is 7.89. The summed E-state index contributed by atoms with van der Waals surface area (Å²) >= 11 is 0. The molecule has 0 aromatic heterocycles. The van der Waals surface area contributed by atoms with Gasteiger partial charge in [-0.3, -0.25) is 4.79 Å². The maximum absolute atomic E-state index is 13.0. The zero-order chi connectivity index (χ0) is 15.8. The van der Waals surface area contributed by atoms with Gasteiger partial charge in [0.05, 0.1) is 16.5 Å². The molecule has 0 radical (unpaired) electrons. The number of hydrogen-bond donors (Lipinski definition) is 1. The third-order valence-corrected chi connectivity index (χ3v) is 6.42. The van der Waals surface area contributed by atoms with Crippen molar-refractivity contribution < 1.29 is 13.2 Å². The summed E-state index contributed by atoms with van der Waals surface area (Å²) in [6.07, 6.45) is 2.55. The highest BCUT2D eigenvalue weighted by Crippen LogP contribution is 2.39. The van der Waals surface area contributed by atoms with E-state index in [0.717, 1.165) is 6.42 Å². The minimum atomic E-state index is -3.79. The van der Waals surface area contributed by atoms with Gasteiger partial charge in [-0.1, -0.05) is 6.07 Å². The smallest absolute Gasteiger partial charge is 0.244 e. The van der Waals surface area contributed by atoms with Crippen molar-refractivity contribution in [2.75, 3.05) is 13.1 Å². The Labute approximate surface area is 129 Å². The van der Waals surface area contributed by atoms with Crippen LogP contribution in [0.25, 0.3) is 0 Å². The van der Waals surface area contributed by atoms with Crippen molar-refractivity contribution in [2.24, 2.45) is 0 Å². The summed E-state index contributed by atoms with van der Waals surface area (Å²) < 4.78 is 27.3. The highest BCUT2D eigenvalue weighted by Gasteiger charge is 2.53. The molecule has 0 saturated carbocycles. The average molecular weight is 319 g/mol. The van der Waals surface area contributed by atoms with Crippen LogP contribution in [0.1, 0.15) is 31.2 Å². The van der Waals surface area contributed by atoms with Crippen molar-refractivity contribution in [1.29, 1.82) is 5.26 Å². The summed E-state index contributed by atoms with van der Waals surface area (Å²) in [5, 5.41) is 11.7. The van der Waals surface area contributed by atoms with E-state index in [9.17, 15) is 13.2 Å². The van der Waals surface area contributed by atoms with Crippen LogP contribution in [0.15, 0.2) is 29.2 Å². The van der Waals surface area contributed by atoms with Crippen molar-refractivity contribution in [3.8, 4) is 6.07 Å². The minimum Gasteiger partial charge on any atom is -0.354 e. The number of sulfonamides is 1. The first-order valence-corrected chi connectivity index (χ1v) is 8.76. The topological polar surface area (TPSA) is 90.3 Å². The van der Waals surface area contributed by atoms with E-state index in [-0.39, 0.29) is 10.8 Å². The van der Waals surface area contributed by atoms with E-state index in [0.29, 0.717) is 37.9 Å². The number of benzene rings is 1. The molecule has 22 heavy (non-hydrogen) atoms. The Morgan fingerprint density at radius 3 is 2.77 bits per heavy atom. The Bertz CT molecular complexity index is 754. The summed E-state index contributed by atoms with van der Waals surface area (Å²) in [6.45, 7) is 0.935. The van der Waals surface area contributed by atoms with Crippen molar-refractivity contribution >= 4 is 15.9 Å². The third kappa shape index (κ3) is 2.19. The number of carbonyl (C=O) groups is 1. The number of amides is 1. The zero-order valence-corrected chi connectivity index (χ0v) is 12.9. The lowest BCUT2D eigenvalue weighted by Gasteiger charge is -2.39. The fourth-order valence-electron chi connectivity index (χ4n) is 3.39. The van der Waals surface area contributed by atoms with Gasteiger partial charge in [-0.05, 0) is 43.9 Å². The molecule has 1 spiro atoms. The standard InChI is InChI=1S/C15H17N3O3S/c16-11-12-4-1-5-13(10-12)22(20,21)18-9-3-7-15(18)6-2-8-17-14(15)19/h1,4-5,10H,2-3,6-9H2,(H,17,19). The molecule has 1 aromatic rings. The SMILES string of the molecule is N#Cc1cccc(S(=O)(=O)N2CCCC23CCCNC3=O)c1. The van der Waals surface area contributed by atoms with E-state index < -0.39 is 15.6 Å². The van der Waals surface area contributed by atoms with Gasteiger partial charge in [0.15, 0.2) is 0 Å². The van der Waals surface area contributed by atoms with E-state index in [4.69, 9.17) is 5.26 Å². The van der Waals surface area contributed by atoms with Crippen LogP contribution in [0, 0.1) is 11.3 Å². The summed E-state index contributed by atoms with van der Waals surface area (Å²) in [6, 6.07) is 7.90. The van der Waals surface area contributed by atoms with E-state index >= 15 is 0 Å². The molecule has 7 heteroatoms. The number of hydrogen-bond acceptors (Lipinski definition) is 4. The summed E-state index contributed by atoms with van der Waals surface area (Å²) in [5.41, 5.74) is -0.665. The Morgan fingerprint density at radius 2 is 2.05 bits per heavy atom. The molecule has 2 saturated heterocycles. The van der Waals surface area contributed by atoms with Crippen molar-refractivity contribution in [1.82, 2.24) is 9.62 Å². The van der Waals surface area contributed by atoms with Crippen molar-refractivity contribution in [2.45, 2.75) is 36.1 Å². The molecule has 1 atom stereocenters. The molecule has 116 valence electrons. The molecule has 2 fully saturated rings. The van der Waals surface area contributed by atoms with Gasteiger partial charge >= 0.3 is 0 Å². The van der Waals surface area contributed by atoms with Gasteiger partial charge in [0, 0.05) is 13.1 Å². The Balaban J connectivity index is 2.04. The molecular formula is C15H17N3O3S. The molecule has 6 nitrogen and oxygen atoms in total. The number of carbonyl (C=O) groups excluding carboxylic acids is 1. The van der Waals surface area contributed by atoms with Gasteiger partial charge < -0.3 is 5.32 Å². The molecule has 3 rings (SSSR count). The highest BCUT2D eigenvalue weighted by atomic mass is 32.2. The predicted octanol–water partition coefficient (Wildman–Crippen LogP) is 0.992. The van der Waals surface area contributed by atoms with Gasteiger partial charge in [0.25, 0.3) is 0 Å². The molecule has 2 aliphatic rings. The van der Waals surface area contributed by atoms with E-state index in [1.807, 2.05) is 6.07 Å². The molecule has 0 aliphatic carbocycles. The summed E-state index contributed by atoms with van der Waals surface area (Å²) in [5.74, 6) is -0.198. The predicted molar refractivity (Wildman–Crippen MR) is 79.3 cm³/mol. The molecule has 1 N–H and O–H groups in total. The quantitative estimate of drug-likeness (QED) is 0.880. The van der Waals surface area contributed by atoms with Crippen LogP contribution in [-0.4, -0.2) is 37.3 Å². The fraction of sp³-hybridized carbons (Fsp3) is 0.467. The number of rotatable bonds is 2. The Morgan fingerprint density at radius 1 is 1.27 bits per heavy atom. The van der Waals surface area contributed by atoms with Crippen LogP contribution in [-0.2, 0) is 14.8 Å². The van der Waals surface area contributed by atoms with Crippen LogP contribution in [0.3, 0.4) is 0 Å². The van der Waals surface area contributed by atoms with Gasteiger partial charge in [-0.25, -0.2) is 8.42 Å². The van der Waals surface area contributed by atoms with E-state index in [1.54, 1.807) is 12.1 Å². The first-order chi connectivity index (χ1) is 10.5. The Kier molecular flexibility index (Phi) is 3.67. The number of nitrogens with one attached hydrogen (secondary N) is 1. The normalized spacial score (nSPS) is 25.9. The molecule has 2 aliphatic heterocycles. The van der Waals surface area contributed by atoms with Crippen molar-refractivity contribution in [3.05, 3.63) is 29.8 Å². The van der Waals surface area contributed by atoms with Gasteiger partial charge in [-0.15, -0.1) is 0 Å². The molecule has 1 aromatic carbocycles. The molecule has 1 unspecified atom stereocenters. The summed E-state index contributed by atoms with van der Waals surface area (Å²) in [4.78, 5) is 12.4. The lowest BCUT2D eigenvalue weighted by Crippen LogP contribution is -2.60. The van der Waals surface area contributed by atoms with Crippen LogP contribution in [0.5, 0.6) is 0 Å². The number of nitriles is 1.